The highest BCUT2D eigenvalue weighted by molar-refractivity contribution is 6.31. The molecule has 1 atom stereocenters. The largest absolute Gasteiger partial charge is 0.387 e. The molecule has 1 aromatic rings. The highest BCUT2D eigenvalue weighted by atomic mass is 35.5. The molecule has 0 aliphatic rings. The molecule has 1 rings (SSSR count). The first-order valence-corrected chi connectivity index (χ1v) is 5.92. The third-order valence-electron chi connectivity index (χ3n) is 2.97. The van der Waals surface area contributed by atoms with Gasteiger partial charge in [0.1, 0.15) is 5.82 Å². The number of methoxy groups -OCH3 is 1. The van der Waals surface area contributed by atoms with Crippen molar-refractivity contribution >= 4 is 11.6 Å². The lowest BCUT2D eigenvalue weighted by atomic mass is 9.85. The Morgan fingerprint density at radius 3 is 2.65 bits per heavy atom. The third-order valence-corrected chi connectivity index (χ3v) is 3.34. The first-order valence-electron chi connectivity index (χ1n) is 5.54. The Hall–Kier alpha value is -0.640. The van der Waals surface area contributed by atoms with E-state index in [9.17, 15) is 9.50 Å². The summed E-state index contributed by atoms with van der Waals surface area (Å²) < 4.78 is 18.2. The summed E-state index contributed by atoms with van der Waals surface area (Å²) >= 11 is 5.99. The second kappa shape index (κ2) is 5.80. The van der Waals surface area contributed by atoms with Gasteiger partial charge < -0.3 is 9.84 Å². The molecule has 1 N–H and O–H groups in total. The number of aliphatic hydroxyl groups is 1. The number of ether oxygens (including phenoxy) is 1. The fourth-order valence-electron chi connectivity index (χ4n) is 1.68. The lowest BCUT2D eigenvalue weighted by Crippen LogP contribution is -2.42. The molecule has 17 heavy (non-hydrogen) atoms. The minimum atomic E-state index is -1.04. The molecule has 4 heteroatoms. The molecule has 1 aromatic carbocycles. The Labute approximate surface area is 106 Å². The summed E-state index contributed by atoms with van der Waals surface area (Å²) in [6.45, 7) is 3.98. The molecule has 2 nitrogen and oxygen atoms in total. The first kappa shape index (κ1) is 14.4. The number of halogens is 2. The average Bonchev–Trinajstić information content (AvgIpc) is 2.23. The minimum Gasteiger partial charge on any atom is -0.387 e. The zero-order valence-electron chi connectivity index (χ0n) is 10.3. The van der Waals surface area contributed by atoms with E-state index in [1.807, 2.05) is 13.8 Å². The zero-order chi connectivity index (χ0) is 13.1. The minimum absolute atomic E-state index is 0.0122. The highest BCUT2D eigenvalue weighted by Gasteiger charge is 2.32. The molecule has 0 amide bonds. The van der Waals surface area contributed by atoms with Crippen molar-refractivity contribution in [2.75, 3.05) is 13.7 Å². The molecule has 1 unspecified atom stereocenters. The van der Waals surface area contributed by atoms with Crippen LogP contribution in [0, 0.1) is 11.7 Å². The lowest BCUT2D eigenvalue weighted by Gasteiger charge is -2.31. The van der Waals surface area contributed by atoms with Crippen LogP contribution < -0.4 is 0 Å². The molecule has 0 saturated carbocycles. The van der Waals surface area contributed by atoms with Crippen LogP contribution in [0.25, 0.3) is 0 Å². The van der Waals surface area contributed by atoms with Gasteiger partial charge in [0.15, 0.2) is 0 Å². The molecule has 0 aliphatic carbocycles. The van der Waals surface area contributed by atoms with Crippen LogP contribution in [0.2, 0.25) is 5.02 Å². The van der Waals surface area contributed by atoms with E-state index in [1.165, 1.54) is 25.3 Å². The van der Waals surface area contributed by atoms with Crippen molar-refractivity contribution in [1.82, 2.24) is 0 Å². The standard InChI is InChI=1S/C13H18ClFO2/c1-9(2)13(16,8-17-3)7-10-6-11(15)4-5-12(10)14/h4-6,9,16H,7-8H2,1-3H3. The molecule has 0 heterocycles. The van der Waals surface area contributed by atoms with Crippen molar-refractivity contribution in [2.45, 2.75) is 25.9 Å². The fraction of sp³-hybridized carbons (Fsp3) is 0.538. The summed E-state index contributed by atoms with van der Waals surface area (Å²) in [5, 5.41) is 10.9. The van der Waals surface area contributed by atoms with E-state index in [2.05, 4.69) is 0 Å². The van der Waals surface area contributed by atoms with E-state index in [0.29, 0.717) is 10.6 Å². The second-order valence-corrected chi connectivity index (χ2v) is 5.01. The van der Waals surface area contributed by atoms with Gasteiger partial charge in [0.25, 0.3) is 0 Å². The molecule has 0 aliphatic heterocycles. The summed E-state index contributed by atoms with van der Waals surface area (Å²) in [6, 6.07) is 4.15. The van der Waals surface area contributed by atoms with E-state index in [-0.39, 0.29) is 24.8 Å². The van der Waals surface area contributed by atoms with Gasteiger partial charge in [-0.25, -0.2) is 4.39 Å². The van der Waals surface area contributed by atoms with Gasteiger partial charge >= 0.3 is 0 Å². The molecule has 96 valence electrons. The molecule has 0 bridgehead atoms. The predicted octanol–water partition coefficient (Wildman–Crippen LogP) is 3.06. The van der Waals surface area contributed by atoms with Crippen LogP contribution in [0.4, 0.5) is 4.39 Å². The first-order chi connectivity index (χ1) is 7.89. The van der Waals surface area contributed by atoms with Crippen molar-refractivity contribution in [3.63, 3.8) is 0 Å². The van der Waals surface area contributed by atoms with E-state index < -0.39 is 5.60 Å². The van der Waals surface area contributed by atoms with E-state index in [1.54, 1.807) is 0 Å². The summed E-state index contributed by atoms with van der Waals surface area (Å²) in [6.07, 6.45) is 0.273. The van der Waals surface area contributed by atoms with E-state index in [0.717, 1.165) is 0 Å². The van der Waals surface area contributed by atoms with Crippen molar-refractivity contribution in [1.29, 1.82) is 0 Å². The van der Waals surface area contributed by atoms with Crippen molar-refractivity contribution in [3.05, 3.63) is 34.6 Å². The smallest absolute Gasteiger partial charge is 0.123 e. The molecular formula is C13H18ClFO2. The fourth-order valence-corrected chi connectivity index (χ4v) is 1.86. The lowest BCUT2D eigenvalue weighted by molar-refractivity contribution is -0.0637. The molecule has 0 spiro atoms. The van der Waals surface area contributed by atoms with Gasteiger partial charge in [0, 0.05) is 18.6 Å². The topological polar surface area (TPSA) is 29.5 Å². The second-order valence-electron chi connectivity index (χ2n) is 4.60. The number of hydrogen-bond acceptors (Lipinski definition) is 2. The van der Waals surface area contributed by atoms with Crippen molar-refractivity contribution < 1.29 is 14.2 Å². The molecule has 0 saturated heterocycles. The number of benzene rings is 1. The van der Waals surface area contributed by atoms with Crippen LogP contribution in [0.1, 0.15) is 19.4 Å². The number of hydrogen-bond donors (Lipinski definition) is 1. The van der Waals surface area contributed by atoms with Crippen LogP contribution in [-0.4, -0.2) is 24.4 Å². The van der Waals surface area contributed by atoms with Gasteiger partial charge in [0.2, 0.25) is 0 Å². The highest BCUT2D eigenvalue weighted by Crippen LogP contribution is 2.27. The van der Waals surface area contributed by atoms with Crippen LogP contribution in [0.15, 0.2) is 18.2 Å². The normalized spacial score (nSPS) is 15.0. The van der Waals surface area contributed by atoms with Crippen LogP contribution in [-0.2, 0) is 11.2 Å². The van der Waals surface area contributed by atoms with Gasteiger partial charge in [-0.15, -0.1) is 0 Å². The summed E-state index contributed by atoms with van der Waals surface area (Å²) in [5.74, 6) is -0.366. The molecular weight excluding hydrogens is 243 g/mol. The molecule has 0 fully saturated rings. The SMILES string of the molecule is COCC(O)(Cc1cc(F)ccc1Cl)C(C)C. The Balaban J connectivity index is 2.97. The van der Waals surface area contributed by atoms with Gasteiger partial charge in [-0.05, 0) is 29.7 Å². The Morgan fingerprint density at radius 1 is 1.47 bits per heavy atom. The van der Waals surface area contributed by atoms with Gasteiger partial charge in [-0.3, -0.25) is 0 Å². The van der Waals surface area contributed by atoms with Crippen LogP contribution >= 0.6 is 11.6 Å². The van der Waals surface area contributed by atoms with Gasteiger partial charge in [-0.1, -0.05) is 25.4 Å². The Bertz CT molecular complexity index is 382. The maximum atomic E-state index is 13.1. The maximum Gasteiger partial charge on any atom is 0.123 e. The quantitative estimate of drug-likeness (QED) is 0.882. The average molecular weight is 261 g/mol. The Kier molecular flexibility index (Phi) is 4.92. The van der Waals surface area contributed by atoms with Gasteiger partial charge in [0.05, 0.1) is 12.2 Å². The molecule has 0 radical (unpaired) electrons. The summed E-state index contributed by atoms with van der Waals surface area (Å²) in [5.41, 5.74) is -0.438. The zero-order valence-corrected chi connectivity index (χ0v) is 11.1. The monoisotopic (exact) mass is 260 g/mol. The van der Waals surface area contributed by atoms with Crippen molar-refractivity contribution in [2.24, 2.45) is 5.92 Å². The maximum absolute atomic E-state index is 13.1. The van der Waals surface area contributed by atoms with Crippen molar-refractivity contribution in [3.8, 4) is 0 Å². The third kappa shape index (κ3) is 3.66. The van der Waals surface area contributed by atoms with Crippen LogP contribution in [0.3, 0.4) is 0 Å². The van der Waals surface area contributed by atoms with E-state index >= 15 is 0 Å². The summed E-state index contributed by atoms with van der Waals surface area (Å²) in [7, 11) is 1.53. The van der Waals surface area contributed by atoms with Crippen LogP contribution in [0.5, 0.6) is 0 Å². The Morgan fingerprint density at radius 2 is 2.12 bits per heavy atom. The summed E-state index contributed by atoms with van der Waals surface area (Å²) in [4.78, 5) is 0. The van der Waals surface area contributed by atoms with Gasteiger partial charge in [-0.2, -0.15) is 0 Å². The van der Waals surface area contributed by atoms with E-state index in [4.69, 9.17) is 16.3 Å². The number of rotatable bonds is 5. The predicted molar refractivity (Wildman–Crippen MR) is 66.8 cm³/mol. The molecule has 0 aromatic heterocycles.